The van der Waals surface area contributed by atoms with E-state index in [0.717, 1.165) is 60.1 Å². The Hall–Kier alpha value is -2.00. The summed E-state index contributed by atoms with van der Waals surface area (Å²) >= 11 is 0. The lowest BCUT2D eigenvalue weighted by atomic mass is 10.0. The summed E-state index contributed by atoms with van der Waals surface area (Å²) in [5, 5.41) is 2.12. The fourth-order valence-corrected chi connectivity index (χ4v) is 2.92. The van der Waals surface area contributed by atoms with Gasteiger partial charge in [0.1, 0.15) is 11.5 Å². The van der Waals surface area contributed by atoms with Crippen LogP contribution in [0.25, 0.3) is 10.8 Å². The molecule has 1 fully saturated rings. The van der Waals surface area contributed by atoms with Crippen molar-refractivity contribution in [1.29, 1.82) is 0 Å². The second kappa shape index (κ2) is 6.84. The monoisotopic (exact) mass is 298 g/mol. The minimum atomic E-state index is -0.158. The van der Waals surface area contributed by atoms with Gasteiger partial charge in [-0.15, -0.1) is 6.58 Å². The van der Waals surface area contributed by atoms with Gasteiger partial charge in [0.2, 0.25) is 0 Å². The van der Waals surface area contributed by atoms with Crippen LogP contribution in [0.1, 0.15) is 24.8 Å². The average molecular weight is 298 g/mol. The van der Waals surface area contributed by atoms with Crippen molar-refractivity contribution in [1.82, 2.24) is 0 Å². The molecule has 1 atom stereocenters. The molecule has 0 aromatic heterocycles. The van der Waals surface area contributed by atoms with Gasteiger partial charge in [0, 0.05) is 22.8 Å². The van der Waals surface area contributed by atoms with Gasteiger partial charge in [0.05, 0.1) is 13.7 Å². The van der Waals surface area contributed by atoms with Gasteiger partial charge < -0.3 is 14.2 Å². The molecule has 1 unspecified atom stereocenters. The first-order valence-electron chi connectivity index (χ1n) is 7.81. The third-order valence-electron chi connectivity index (χ3n) is 4.01. The van der Waals surface area contributed by atoms with Gasteiger partial charge in [-0.25, -0.2) is 0 Å². The molecule has 0 amide bonds. The van der Waals surface area contributed by atoms with Crippen LogP contribution >= 0.6 is 0 Å². The molecule has 1 aliphatic rings. The first-order valence-corrected chi connectivity index (χ1v) is 7.81. The summed E-state index contributed by atoms with van der Waals surface area (Å²) in [4.78, 5) is 0. The van der Waals surface area contributed by atoms with E-state index in [4.69, 9.17) is 14.2 Å². The second-order valence-electron chi connectivity index (χ2n) is 5.52. The van der Waals surface area contributed by atoms with Crippen molar-refractivity contribution in [2.75, 3.05) is 13.7 Å². The highest BCUT2D eigenvalue weighted by atomic mass is 16.7. The van der Waals surface area contributed by atoms with Crippen LogP contribution in [0.3, 0.4) is 0 Å². The van der Waals surface area contributed by atoms with E-state index in [-0.39, 0.29) is 6.29 Å². The van der Waals surface area contributed by atoms with Crippen molar-refractivity contribution < 1.29 is 14.2 Å². The SMILES string of the molecule is C=CCc1cc(OC)c2ccccc2c1OC1CCCCO1. The minimum Gasteiger partial charge on any atom is -0.496 e. The fraction of sp³-hybridized carbons (Fsp3) is 0.368. The van der Waals surface area contributed by atoms with E-state index in [1.54, 1.807) is 7.11 Å². The van der Waals surface area contributed by atoms with E-state index in [0.29, 0.717) is 0 Å². The van der Waals surface area contributed by atoms with Crippen LogP contribution in [0.15, 0.2) is 43.0 Å². The lowest BCUT2D eigenvalue weighted by Gasteiger charge is -2.26. The highest BCUT2D eigenvalue weighted by Gasteiger charge is 2.20. The minimum absolute atomic E-state index is 0.158. The van der Waals surface area contributed by atoms with Gasteiger partial charge in [0.15, 0.2) is 6.29 Å². The number of methoxy groups -OCH3 is 1. The molecule has 0 aliphatic carbocycles. The zero-order chi connectivity index (χ0) is 15.4. The number of fused-ring (bicyclic) bond motifs is 1. The first-order chi connectivity index (χ1) is 10.8. The molecular formula is C19H22O3. The number of allylic oxidation sites excluding steroid dienone is 1. The molecule has 3 nitrogen and oxygen atoms in total. The molecule has 0 radical (unpaired) electrons. The maximum Gasteiger partial charge on any atom is 0.199 e. The number of benzene rings is 2. The molecule has 0 N–H and O–H groups in total. The Morgan fingerprint density at radius 1 is 1.27 bits per heavy atom. The Bertz CT molecular complexity index is 657. The van der Waals surface area contributed by atoms with E-state index >= 15 is 0 Å². The van der Waals surface area contributed by atoms with Crippen LogP contribution in [0.5, 0.6) is 11.5 Å². The zero-order valence-electron chi connectivity index (χ0n) is 13.0. The lowest BCUT2D eigenvalue weighted by Crippen LogP contribution is -2.25. The van der Waals surface area contributed by atoms with Gasteiger partial charge in [-0.2, -0.15) is 0 Å². The highest BCUT2D eigenvalue weighted by Crippen LogP contribution is 2.38. The molecule has 1 heterocycles. The largest absolute Gasteiger partial charge is 0.496 e. The predicted octanol–water partition coefficient (Wildman–Crippen LogP) is 4.48. The van der Waals surface area contributed by atoms with Crippen LogP contribution in [0.2, 0.25) is 0 Å². The van der Waals surface area contributed by atoms with E-state index < -0.39 is 0 Å². The molecule has 0 saturated carbocycles. The molecule has 1 saturated heterocycles. The molecule has 1 aliphatic heterocycles. The molecule has 2 aromatic rings. The van der Waals surface area contributed by atoms with Gasteiger partial charge >= 0.3 is 0 Å². The molecular weight excluding hydrogens is 276 g/mol. The fourth-order valence-electron chi connectivity index (χ4n) is 2.92. The maximum atomic E-state index is 6.23. The Kier molecular flexibility index (Phi) is 4.64. The first kappa shape index (κ1) is 14.9. The Morgan fingerprint density at radius 2 is 2.09 bits per heavy atom. The van der Waals surface area contributed by atoms with Crippen LogP contribution in [-0.2, 0) is 11.2 Å². The van der Waals surface area contributed by atoms with Gasteiger partial charge in [0.25, 0.3) is 0 Å². The van der Waals surface area contributed by atoms with Crippen molar-refractivity contribution in [3.05, 3.63) is 48.6 Å². The zero-order valence-corrected chi connectivity index (χ0v) is 13.0. The Labute approximate surface area is 131 Å². The second-order valence-corrected chi connectivity index (χ2v) is 5.52. The van der Waals surface area contributed by atoms with Crippen LogP contribution < -0.4 is 9.47 Å². The van der Waals surface area contributed by atoms with Gasteiger partial charge in [-0.1, -0.05) is 30.3 Å². The standard InChI is InChI=1S/C19H22O3/c1-3-8-14-13-17(20-2)15-9-4-5-10-16(15)19(14)22-18-11-6-7-12-21-18/h3-5,9-10,13,18H,1,6-8,11-12H2,2H3. The quantitative estimate of drug-likeness (QED) is 0.762. The van der Waals surface area contributed by atoms with Crippen LogP contribution in [-0.4, -0.2) is 20.0 Å². The molecule has 116 valence electrons. The van der Waals surface area contributed by atoms with Gasteiger partial charge in [-0.05, 0) is 25.3 Å². The molecule has 0 spiro atoms. The Morgan fingerprint density at radius 3 is 2.77 bits per heavy atom. The summed E-state index contributed by atoms with van der Waals surface area (Å²) in [6.45, 7) is 4.63. The third kappa shape index (κ3) is 2.95. The van der Waals surface area contributed by atoms with Crippen molar-refractivity contribution >= 4 is 10.8 Å². The summed E-state index contributed by atoms with van der Waals surface area (Å²) in [6.07, 6.45) is 5.67. The Balaban J connectivity index is 2.08. The summed E-state index contributed by atoms with van der Waals surface area (Å²) in [5.41, 5.74) is 1.08. The molecule has 3 heteroatoms. The van der Waals surface area contributed by atoms with E-state index in [1.165, 1.54) is 0 Å². The number of hydrogen-bond donors (Lipinski definition) is 0. The van der Waals surface area contributed by atoms with Crippen molar-refractivity contribution in [2.24, 2.45) is 0 Å². The van der Waals surface area contributed by atoms with E-state index in [2.05, 4.69) is 18.7 Å². The summed E-state index contributed by atoms with van der Waals surface area (Å²) in [5.74, 6) is 1.76. The third-order valence-corrected chi connectivity index (χ3v) is 4.01. The van der Waals surface area contributed by atoms with E-state index in [9.17, 15) is 0 Å². The van der Waals surface area contributed by atoms with Gasteiger partial charge in [-0.3, -0.25) is 0 Å². The van der Waals surface area contributed by atoms with E-state index in [1.807, 2.05) is 24.3 Å². The molecule has 2 aromatic carbocycles. The smallest absolute Gasteiger partial charge is 0.199 e. The number of rotatable bonds is 5. The summed E-state index contributed by atoms with van der Waals surface area (Å²) in [7, 11) is 1.70. The highest BCUT2D eigenvalue weighted by molar-refractivity contribution is 5.94. The normalized spacial score (nSPS) is 18.1. The lowest BCUT2D eigenvalue weighted by molar-refractivity contribution is -0.105. The number of ether oxygens (including phenoxy) is 3. The summed E-state index contributed by atoms with van der Waals surface area (Å²) < 4.78 is 17.5. The predicted molar refractivity (Wildman–Crippen MR) is 88.6 cm³/mol. The maximum absolute atomic E-state index is 6.23. The van der Waals surface area contributed by atoms with Crippen LogP contribution in [0, 0.1) is 0 Å². The molecule has 22 heavy (non-hydrogen) atoms. The van der Waals surface area contributed by atoms with Crippen LogP contribution in [0.4, 0.5) is 0 Å². The number of hydrogen-bond acceptors (Lipinski definition) is 3. The van der Waals surface area contributed by atoms with Crippen molar-refractivity contribution in [3.63, 3.8) is 0 Å². The molecule has 3 rings (SSSR count). The average Bonchev–Trinajstić information content (AvgIpc) is 2.58. The van der Waals surface area contributed by atoms with Crippen molar-refractivity contribution in [3.8, 4) is 11.5 Å². The molecule has 0 bridgehead atoms. The van der Waals surface area contributed by atoms with Crippen molar-refractivity contribution in [2.45, 2.75) is 32.0 Å². The summed E-state index contributed by atoms with van der Waals surface area (Å²) in [6, 6.07) is 10.2. The topological polar surface area (TPSA) is 27.7 Å².